The molecule has 1 aromatic heterocycles. The zero-order chi connectivity index (χ0) is 84.4. The summed E-state index contributed by atoms with van der Waals surface area (Å²) in [6.45, 7) is 4.32. The number of nitrogens with two attached hydrogens (primary N) is 3. The number of guanidine groups is 2. The molecule has 3 aromatic carbocycles. The van der Waals surface area contributed by atoms with E-state index in [0.717, 1.165) is 10.8 Å². The Labute approximate surface area is 672 Å². The molecule has 38 nitrogen and oxygen atoms in total. The van der Waals surface area contributed by atoms with E-state index in [0.29, 0.717) is 55.3 Å². The Morgan fingerprint density at radius 3 is 1.66 bits per heavy atom. The Bertz CT molecular complexity index is 4050. The Kier molecular flexibility index (Phi) is 36.6. The number of aliphatic hydroxyl groups is 1. The first-order chi connectivity index (χ1) is 55.6. The number of aliphatic hydroxyl groups excluding tert-OH is 1. The second-order valence-electron chi connectivity index (χ2n) is 29.7. The highest BCUT2D eigenvalue weighted by molar-refractivity contribution is 6.01. The Morgan fingerprint density at radius 1 is 0.552 bits per heavy atom. The van der Waals surface area contributed by atoms with Crippen LogP contribution in [0.25, 0.3) is 10.8 Å². The molecular weight excluding hydrogens is 1500 g/mol. The third kappa shape index (κ3) is 28.6. The summed E-state index contributed by atoms with van der Waals surface area (Å²) >= 11 is 0. The van der Waals surface area contributed by atoms with Crippen molar-refractivity contribution in [3.8, 4) is 0 Å². The van der Waals surface area contributed by atoms with Gasteiger partial charge in [0.15, 0.2) is 11.9 Å². The molecule has 0 bridgehead atoms. The molecule has 0 radical (unpaired) electrons. The van der Waals surface area contributed by atoms with Crippen molar-refractivity contribution in [1.82, 2.24) is 88.9 Å². The second-order valence-corrected chi connectivity index (χ2v) is 29.7. The van der Waals surface area contributed by atoms with Gasteiger partial charge in [0, 0.05) is 63.8 Å². The first-order valence-electron chi connectivity index (χ1n) is 39.7. The molecular formula is C78H114N22O16. The van der Waals surface area contributed by atoms with Gasteiger partial charge in [0.2, 0.25) is 76.8 Å². The number of likely N-dealkylation sites (tertiary alicyclic amines) is 2. The molecule has 3 aliphatic heterocycles. The monoisotopic (exact) mass is 1610 g/mol. The van der Waals surface area contributed by atoms with Crippen LogP contribution in [0.4, 0.5) is 0 Å². The summed E-state index contributed by atoms with van der Waals surface area (Å²) in [5, 5.41) is 72.4. The average molecular weight is 1620 g/mol. The number of carboxylic acids is 1. The molecule has 0 saturated carbocycles. The lowest BCUT2D eigenvalue weighted by Crippen LogP contribution is -2.61. The molecule has 116 heavy (non-hydrogen) atoms. The molecule has 38 heteroatoms. The maximum absolute atomic E-state index is 14.6. The number of hydrogen-bond acceptors (Lipinski definition) is 19. The first-order valence-corrected chi connectivity index (χ1v) is 39.7. The molecule has 3 fully saturated rings. The predicted molar refractivity (Wildman–Crippen MR) is 426 cm³/mol. The number of nitrogens with one attached hydrogen (secondary N) is 16. The quantitative estimate of drug-likeness (QED) is 0.0122. The fourth-order valence-corrected chi connectivity index (χ4v) is 14.2. The van der Waals surface area contributed by atoms with Gasteiger partial charge in [0.1, 0.15) is 72.5 Å². The normalized spacial score (nSPS) is 17.4. The van der Waals surface area contributed by atoms with Crippen molar-refractivity contribution in [3.63, 3.8) is 0 Å². The van der Waals surface area contributed by atoms with Crippen LogP contribution in [0, 0.1) is 16.7 Å². The molecule has 0 spiro atoms. The van der Waals surface area contributed by atoms with Gasteiger partial charge in [-0.15, -0.1) is 0 Å². The minimum Gasteiger partial charge on any atom is -0.480 e. The zero-order valence-electron chi connectivity index (χ0n) is 65.9. The number of H-pyrrole nitrogens is 1. The fourth-order valence-electron chi connectivity index (χ4n) is 14.2. The van der Waals surface area contributed by atoms with Crippen LogP contribution >= 0.6 is 0 Å². The molecule has 0 aliphatic carbocycles. The Balaban J connectivity index is 1.00. The standard InChI is InChI=1S/C78H114N22O16/c1-4-5-24-52(66(105)95-57(39-48-22-13-21-47-20-9-10-23-50(47)48)70(109)97-59(76(115)116)38-46-18-7-6-8-19-46)91-73(112)61-28-16-35-99(61)64(103)42-87-65(104)51(25-11-12-32-79)90-71(110)58(40-49-41-84-44-88-49)96-72(111)60(43-101)98-69(108)56(37-45(2)3)94-67(106)53(26-14-33-85-77(80)81)92-74(113)62-29-17-36-100(62)75(114)55(27-15-34-86-78(82)83)93-68(107)54-30-31-63(102)89-54/h6-10,13,18-23,41,44-45,51-62,101H,4-5,11-12,14-17,24-40,42-43,79H2,1-3H3,(H,84,88)(H,87,104)(H,89,102)(H,90,110)(H,91,112)(H,92,113)(H,93,107)(H,94,106)(H,95,105)(H,96,111)(H,97,109)(H,98,108)(H,115,116)(H4,80,81,85)(H4,82,83,86)/t51-,52-,53-,54-,55-,56-,57+,58-,59-,60-,61-,62-/m0/s1. The van der Waals surface area contributed by atoms with Crippen molar-refractivity contribution in [1.29, 1.82) is 10.8 Å². The number of aliphatic carboxylic acids is 1. The van der Waals surface area contributed by atoms with Crippen molar-refractivity contribution in [2.45, 2.75) is 222 Å². The van der Waals surface area contributed by atoms with Gasteiger partial charge >= 0.3 is 5.97 Å². The average Bonchev–Trinajstić information content (AvgIpc) is 1.27. The number of amides is 13. The second kappa shape index (κ2) is 46.5. The van der Waals surface area contributed by atoms with Crippen LogP contribution in [0.1, 0.15) is 147 Å². The number of carbonyl (C=O) groups is 14. The maximum Gasteiger partial charge on any atom is 0.326 e. The van der Waals surface area contributed by atoms with Crippen molar-refractivity contribution < 1.29 is 77.3 Å². The molecule has 12 atom stereocenters. The van der Waals surface area contributed by atoms with Crippen LogP contribution in [0.2, 0.25) is 0 Å². The van der Waals surface area contributed by atoms with Gasteiger partial charge in [0.25, 0.3) is 0 Å². The number of unbranched alkanes of at least 4 members (excludes halogenated alkanes) is 2. The lowest BCUT2D eigenvalue weighted by atomic mass is 9.97. The Hall–Kier alpha value is -11.8. The van der Waals surface area contributed by atoms with Gasteiger partial charge in [-0.2, -0.15) is 0 Å². The van der Waals surface area contributed by atoms with E-state index in [9.17, 15) is 77.3 Å². The SMILES string of the molecule is CCCC[C@H](NC(=O)[C@@H]1CCCN1C(=O)CNC(=O)[C@H](CCCCN)NC(=O)[C@H](Cc1cnc[nH]1)NC(=O)[C@H](CO)NC(=O)[C@H](CC(C)C)NC(=O)[C@H](CCCNC(=N)N)NC(=O)[C@@H]1CCCN1C(=O)[C@H](CCCNC(=N)N)NC(=O)[C@@H]1CCC(=O)N1)C(=O)N[C@H](Cc1cccc2ccccc12)C(=O)N[C@@H](Cc1ccccc1)C(=O)O. The summed E-state index contributed by atoms with van der Waals surface area (Å²) in [5.74, 6) is -12.1. The van der Waals surface area contributed by atoms with E-state index in [4.69, 9.17) is 28.0 Å². The third-order valence-corrected chi connectivity index (χ3v) is 20.3. The van der Waals surface area contributed by atoms with Crippen LogP contribution in [0.3, 0.4) is 0 Å². The number of hydrogen-bond donors (Lipinski definition) is 21. The molecule has 4 aromatic rings. The predicted octanol–water partition coefficient (Wildman–Crippen LogP) is -2.70. The molecule has 13 amide bonds. The van der Waals surface area contributed by atoms with Gasteiger partial charge in [-0.1, -0.05) is 106 Å². The van der Waals surface area contributed by atoms with Crippen LogP contribution in [0.5, 0.6) is 0 Å². The van der Waals surface area contributed by atoms with Crippen LogP contribution in [-0.2, 0) is 86.4 Å². The highest BCUT2D eigenvalue weighted by Gasteiger charge is 2.42. The minimum atomic E-state index is -1.78. The third-order valence-electron chi connectivity index (χ3n) is 20.3. The van der Waals surface area contributed by atoms with E-state index in [1.165, 1.54) is 22.3 Å². The van der Waals surface area contributed by atoms with Crippen molar-refractivity contribution in [2.24, 2.45) is 23.1 Å². The highest BCUT2D eigenvalue weighted by atomic mass is 16.4. The van der Waals surface area contributed by atoms with E-state index in [1.807, 2.05) is 37.3 Å². The summed E-state index contributed by atoms with van der Waals surface area (Å²) < 4.78 is 0. The number of fused-ring (bicyclic) bond motifs is 1. The largest absolute Gasteiger partial charge is 0.480 e. The van der Waals surface area contributed by atoms with E-state index in [2.05, 4.69) is 79.1 Å². The maximum atomic E-state index is 14.6. The number of aromatic amines is 1. The lowest BCUT2D eigenvalue weighted by Gasteiger charge is -2.31. The molecule has 3 saturated heterocycles. The number of carbonyl (C=O) groups excluding carboxylic acids is 13. The smallest absolute Gasteiger partial charge is 0.326 e. The van der Waals surface area contributed by atoms with E-state index < -0.39 is 163 Å². The number of aromatic nitrogens is 2. The highest BCUT2D eigenvalue weighted by Crippen LogP contribution is 2.24. The summed E-state index contributed by atoms with van der Waals surface area (Å²) in [7, 11) is 0. The van der Waals surface area contributed by atoms with Crippen molar-refractivity contribution in [2.75, 3.05) is 45.9 Å². The molecule has 24 N–H and O–H groups in total. The number of carboxylic acid groups (broad SMARTS) is 1. The number of imidazole rings is 1. The minimum absolute atomic E-state index is 0.0206. The van der Waals surface area contributed by atoms with Gasteiger partial charge in [-0.3, -0.25) is 73.1 Å². The molecule has 632 valence electrons. The summed E-state index contributed by atoms with van der Waals surface area (Å²) in [5.41, 5.74) is 18.5. The van der Waals surface area contributed by atoms with Crippen LogP contribution in [-0.4, -0.2) is 243 Å². The van der Waals surface area contributed by atoms with Gasteiger partial charge in [-0.05, 0) is 124 Å². The van der Waals surface area contributed by atoms with Crippen molar-refractivity contribution in [3.05, 3.63) is 102 Å². The topological polar surface area (TPSA) is 597 Å². The molecule has 7 rings (SSSR count). The van der Waals surface area contributed by atoms with Crippen LogP contribution < -0.4 is 86.3 Å². The number of benzene rings is 3. The van der Waals surface area contributed by atoms with E-state index >= 15 is 0 Å². The van der Waals surface area contributed by atoms with Gasteiger partial charge in [-0.25, -0.2) is 9.78 Å². The number of rotatable bonds is 47. The molecule has 4 heterocycles. The number of nitrogens with zero attached hydrogens (tertiary/aromatic N) is 3. The lowest BCUT2D eigenvalue weighted by molar-refractivity contribution is -0.142. The fraction of sp³-hybridized carbons (Fsp3) is 0.551. The molecule has 0 unspecified atom stereocenters. The van der Waals surface area contributed by atoms with Gasteiger partial charge in [0.05, 0.1) is 19.5 Å². The zero-order valence-corrected chi connectivity index (χ0v) is 65.9. The van der Waals surface area contributed by atoms with E-state index in [1.54, 1.807) is 56.3 Å². The van der Waals surface area contributed by atoms with Crippen molar-refractivity contribution >= 4 is 105 Å². The first kappa shape index (κ1) is 91.4. The summed E-state index contributed by atoms with van der Waals surface area (Å²) in [6, 6.07) is 5.94. The summed E-state index contributed by atoms with van der Waals surface area (Å²) in [4.78, 5) is 206. The molecule has 3 aliphatic rings. The Morgan fingerprint density at radius 2 is 1.07 bits per heavy atom. The van der Waals surface area contributed by atoms with Gasteiger partial charge < -0.3 is 111 Å². The van der Waals surface area contributed by atoms with Crippen LogP contribution in [0.15, 0.2) is 85.3 Å². The summed E-state index contributed by atoms with van der Waals surface area (Å²) in [6.07, 6.45) is 5.83. The van der Waals surface area contributed by atoms with E-state index in [-0.39, 0.29) is 146 Å².